The van der Waals surface area contributed by atoms with Gasteiger partial charge in [-0.05, 0) is 52.9 Å². The second kappa shape index (κ2) is 5.89. The minimum Gasteiger partial charge on any atom is -0.321 e. The molecule has 0 unspecified atom stereocenters. The molecule has 1 aromatic carbocycles. The SMILES string of the molecule is NNc1cccnc1S(=O)(=O)Nc1ccc(F)cc1I. The lowest BCUT2D eigenvalue weighted by Crippen LogP contribution is -2.19. The lowest BCUT2D eigenvalue weighted by molar-refractivity contribution is 0.597. The summed E-state index contributed by atoms with van der Waals surface area (Å²) in [6, 6.07) is 6.76. The fourth-order valence-electron chi connectivity index (χ4n) is 1.48. The first kappa shape index (κ1) is 14.9. The highest BCUT2D eigenvalue weighted by molar-refractivity contribution is 14.1. The standard InChI is InChI=1S/C11H10FIN4O2S/c12-7-3-4-9(8(13)6-7)17-20(18,19)11-10(16-14)2-1-5-15-11/h1-6,16-17H,14H2. The molecule has 0 fully saturated rings. The van der Waals surface area contributed by atoms with E-state index in [4.69, 9.17) is 5.84 Å². The Morgan fingerprint density at radius 1 is 1.25 bits per heavy atom. The number of sulfonamides is 1. The van der Waals surface area contributed by atoms with Gasteiger partial charge in [0.15, 0.2) is 0 Å². The number of pyridine rings is 1. The van der Waals surface area contributed by atoms with Crippen molar-refractivity contribution in [1.82, 2.24) is 4.98 Å². The van der Waals surface area contributed by atoms with Crippen molar-refractivity contribution in [3.8, 4) is 0 Å². The van der Waals surface area contributed by atoms with Gasteiger partial charge in [-0.3, -0.25) is 10.6 Å². The van der Waals surface area contributed by atoms with Crippen LogP contribution in [0.5, 0.6) is 0 Å². The van der Waals surface area contributed by atoms with Gasteiger partial charge in [-0.25, -0.2) is 9.37 Å². The van der Waals surface area contributed by atoms with Crippen LogP contribution in [0.1, 0.15) is 0 Å². The van der Waals surface area contributed by atoms with Crippen molar-refractivity contribution >= 4 is 44.0 Å². The van der Waals surface area contributed by atoms with E-state index < -0.39 is 15.8 Å². The van der Waals surface area contributed by atoms with Crippen LogP contribution in [0.4, 0.5) is 15.8 Å². The molecule has 4 N–H and O–H groups in total. The van der Waals surface area contributed by atoms with Gasteiger partial charge in [0, 0.05) is 9.77 Å². The van der Waals surface area contributed by atoms with E-state index in [1.165, 1.54) is 30.5 Å². The van der Waals surface area contributed by atoms with E-state index in [1.807, 2.05) is 22.6 Å². The molecule has 0 bridgehead atoms. The van der Waals surface area contributed by atoms with Crippen LogP contribution in [-0.4, -0.2) is 13.4 Å². The maximum Gasteiger partial charge on any atom is 0.281 e. The number of nitrogens with two attached hydrogens (primary N) is 1. The minimum absolute atomic E-state index is 0.164. The Bertz CT molecular complexity index is 739. The maximum atomic E-state index is 13.0. The van der Waals surface area contributed by atoms with Crippen molar-refractivity contribution in [3.63, 3.8) is 0 Å². The second-order valence-corrected chi connectivity index (χ2v) is 6.49. The average molecular weight is 408 g/mol. The molecule has 9 heteroatoms. The molecule has 6 nitrogen and oxygen atoms in total. The van der Waals surface area contributed by atoms with E-state index in [0.717, 1.165) is 0 Å². The molecule has 0 saturated carbocycles. The largest absolute Gasteiger partial charge is 0.321 e. The van der Waals surface area contributed by atoms with Gasteiger partial charge >= 0.3 is 0 Å². The quantitative estimate of drug-likeness (QED) is 0.408. The van der Waals surface area contributed by atoms with Gasteiger partial charge in [-0.1, -0.05) is 0 Å². The fourth-order valence-corrected chi connectivity index (χ4v) is 3.46. The first-order valence-electron chi connectivity index (χ1n) is 5.33. The van der Waals surface area contributed by atoms with Gasteiger partial charge in [-0.15, -0.1) is 0 Å². The van der Waals surface area contributed by atoms with Gasteiger partial charge in [0.1, 0.15) is 5.82 Å². The molecule has 0 aliphatic carbocycles. The van der Waals surface area contributed by atoms with Gasteiger partial charge in [0.25, 0.3) is 10.0 Å². The number of hydrogen-bond acceptors (Lipinski definition) is 5. The molecule has 2 aromatic rings. The Morgan fingerprint density at radius 3 is 2.65 bits per heavy atom. The van der Waals surface area contributed by atoms with E-state index in [0.29, 0.717) is 3.57 Å². The molecular weight excluding hydrogens is 398 g/mol. The summed E-state index contributed by atoms with van der Waals surface area (Å²) in [5.41, 5.74) is 2.70. The van der Waals surface area contributed by atoms with Crippen LogP contribution in [-0.2, 0) is 10.0 Å². The van der Waals surface area contributed by atoms with E-state index in [9.17, 15) is 12.8 Å². The Morgan fingerprint density at radius 2 is 2.00 bits per heavy atom. The molecule has 0 spiro atoms. The van der Waals surface area contributed by atoms with Gasteiger partial charge < -0.3 is 5.43 Å². The summed E-state index contributed by atoms with van der Waals surface area (Å²) in [4.78, 5) is 3.80. The lowest BCUT2D eigenvalue weighted by Gasteiger charge is -2.11. The second-order valence-electron chi connectivity index (χ2n) is 3.73. The monoisotopic (exact) mass is 408 g/mol. The van der Waals surface area contributed by atoms with E-state index in [-0.39, 0.29) is 16.4 Å². The van der Waals surface area contributed by atoms with Crippen LogP contribution in [0.2, 0.25) is 0 Å². The highest BCUT2D eigenvalue weighted by Gasteiger charge is 2.21. The zero-order chi connectivity index (χ0) is 14.8. The number of aromatic nitrogens is 1. The number of nitrogens with one attached hydrogen (secondary N) is 2. The van der Waals surface area contributed by atoms with Crippen molar-refractivity contribution in [2.24, 2.45) is 5.84 Å². The number of nitrogen functional groups attached to an aromatic ring is 1. The molecular formula is C11H10FIN4O2S. The molecule has 0 saturated heterocycles. The molecule has 0 aliphatic heterocycles. The molecule has 0 aliphatic rings. The molecule has 0 atom stereocenters. The lowest BCUT2D eigenvalue weighted by atomic mass is 10.3. The average Bonchev–Trinajstić information content (AvgIpc) is 2.42. The summed E-state index contributed by atoms with van der Waals surface area (Å²) in [7, 11) is -3.92. The van der Waals surface area contributed by atoms with Crippen LogP contribution in [0.3, 0.4) is 0 Å². The summed E-state index contributed by atoms with van der Waals surface area (Å²) >= 11 is 1.84. The van der Waals surface area contributed by atoms with E-state index in [1.54, 1.807) is 6.07 Å². The minimum atomic E-state index is -3.92. The third kappa shape index (κ3) is 3.16. The molecule has 2 rings (SSSR count). The third-order valence-electron chi connectivity index (χ3n) is 2.36. The number of anilines is 2. The van der Waals surface area contributed by atoms with Crippen molar-refractivity contribution in [1.29, 1.82) is 0 Å². The Labute approximate surface area is 128 Å². The van der Waals surface area contributed by atoms with Crippen LogP contribution >= 0.6 is 22.6 Å². The summed E-state index contributed by atoms with van der Waals surface area (Å²) in [5, 5.41) is -0.234. The maximum absolute atomic E-state index is 13.0. The number of hydrazine groups is 1. The normalized spacial score (nSPS) is 11.2. The Kier molecular flexibility index (Phi) is 4.40. The molecule has 0 radical (unpaired) electrons. The van der Waals surface area contributed by atoms with Crippen LogP contribution < -0.4 is 16.0 Å². The summed E-state index contributed by atoms with van der Waals surface area (Å²) in [5.74, 6) is 4.81. The molecule has 1 aromatic heterocycles. The fraction of sp³-hybridized carbons (Fsp3) is 0. The van der Waals surface area contributed by atoms with Crippen LogP contribution in [0.15, 0.2) is 41.6 Å². The van der Waals surface area contributed by atoms with Crippen molar-refractivity contribution in [3.05, 3.63) is 45.9 Å². The van der Waals surface area contributed by atoms with Crippen LogP contribution in [0, 0.1) is 9.39 Å². The number of halogens is 2. The zero-order valence-corrected chi connectivity index (χ0v) is 12.9. The summed E-state index contributed by atoms with van der Waals surface area (Å²) in [6.07, 6.45) is 1.34. The Balaban J connectivity index is 2.41. The van der Waals surface area contributed by atoms with Gasteiger partial charge in [0.2, 0.25) is 5.03 Å². The smallest absolute Gasteiger partial charge is 0.281 e. The predicted molar refractivity (Wildman–Crippen MR) is 82.0 cm³/mol. The van der Waals surface area contributed by atoms with Crippen molar-refractivity contribution in [2.75, 3.05) is 10.1 Å². The van der Waals surface area contributed by atoms with Crippen molar-refractivity contribution < 1.29 is 12.8 Å². The van der Waals surface area contributed by atoms with E-state index in [2.05, 4.69) is 15.1 Å². The van der Waals surface area contributed by atoms with Gasteiger partial charge in [-0.2, -0.15) is 8.42 Å². The van der Waals surface area contributed by atoms with Gasteiger partial charge in [0.05, 0.1) is 11.4 Å². The first-order chi connectivity index (χ1) is 9.44. The predicted octanol–water partition coefficient (Wildman–Crippen LogP) is 1.91. The molecule has 1 heterocycles. The van der Waals surface area contributed by atoms with Crippen molar-refractivity contribution in [2.45, 2.75) is 5.03 Å². The molecule has 0 amide bonds. The topological polar surface area (TPSA) is 97.1 Å². The zero-order valence-electron chi connectivity index (χ0n) is 9.97. The summed E-state index contributed by atoms with van der Waals surface area (Å²) in [6.45, 7) is 0. The highest BCUT2D eigenvalue weighted by Crippen LogP contribution is 2.24. The number of rotatable bonds is 4. The molecule has 20 heavy (non-hydrogen) atoms. The number of nitrogens with zero attached hydrogens (tertiary/aromatic N) is 1. The highest BCUT2D eigenvalue weighted by atomic mass is 127. The summed E-state index contributed by atoms with van der Waals surface area (Å²) < 4.78 is 40.3. The number of hydrogen-bond donors (Lipinski definition) is 3. The van der Waals surface area contributed by atoms with Crippen LogP contribution in [0.25, 0.3) is 0 Å². The Hall–Kier alpha value is -1.46. The molecule has 106 valence electrons. The third-order valence-corrected chi connectivity index (χ3v) is 4.57. The number of benzene rings is 1. The first-order valence-corrected chi connectivity index (χ1v) is 7.90. The van der Waals surface area contributed by atoms with E-state index >= 15 is 0 Å².